The minimum Gasteiger partial charge on any atom is -0.381 e. The molecule has 1 fully saturated rings. The smallest absolute Gasteiger partial charge is 0.212 e. The van der Waals surface area contributed by atoms with Gasteiger partial charge in [-0.2, -0.15) is 10.2 Å². The van der Waals surface area contributed by atoms with E-state index in [-0.39, 0.29) is 6.04 Å². The normalized spacial score (nSPS) is 16.1. The Balaban J connectivity index is 1.54. The third-order valence-corrected chi connectivity index (χ3v) is 6.61. The third-order valence-electron chi connectivity index (χ3n) is 5.78. The van der Waals surface area contributed by atoms with Crippen LogP contribution in [0.2, 0.25) is 0 Å². The largest absolute Gasteiger partial charge is 0.381 e. The Bertz CT molecular complexity index is 1180. The van der Waals surface area contributed by atoms with Gasteiger partial charge in [0.15, 0.2) is 5.82 Å². The standard InChI is InChI=1S/C20H28N10OS/c1-4-7-28-12-16(10-21-28)23-17(18-13(2)22-20-30(18)25-14(3)32-20)19-24-26-27-29(19)11-15-5-8-31-9-6-15/h10,12,15,17,23H,4-9,11H2,1-3H3. The summed E-state index contributed by atoms with van der Waals surface area (Å²) in [5.41, 5.74) is 2.75. The van der Waals surface area contributed by atoms with Gasteiger partial charge in [-0.1, -0.05) is 18.3 Å². The summed E-state index contributed by atoms with van der Waals surface area (Å²) >= 11 is 1.58. The quantitative estimate of drug-likeness (QED) is 0.430. The number of tetrazole rings is 1. The van der Waals surface area contributed by atoms with E-state index in [1.165, 1.54) is 0 Å². The monoisotopic (exact) mass is 456 g/mol. The molecular weight excluding hydrogens is 428 g/mol. The molecule has 12 heteroatoms. The molecule has 0 aromatic carbocycles. The van der Waals surface area contributed by atoms with Gasteiger partial charge in [-0.25, -0.2) is 14.2 Å². The number of hydrogen-bond donors (Lipinski definition) is 1. The zero-order chi connectivity index (χ0) is 22.1. The molecule has 0 bridgehead atoms. The molecule has 0 saturated carbocycles. The lowest BCUT2D eigenvalue weighted by molar-refractivity contribution is 0.0596. The van der Waals surface area contributed by atoms with E-state index in [4.69, 9.17) is 14.8 Å². The van der Waals surface area contributed by atoms with Crippen LogP contribution in [0.25, 0.3) is 4.96 Å². The number of imidazole rings is 1. The Morgan fingerprint density at radius 2 is 2.12 bits per heavy atom. The van der Waals surface area contributed by atoms with Crippen molar-refractivity contribution in [2.45, 2.75) is 59.2 Å². The van der Waals surface area contributed by atoms with E-state index in [0.717, 1.165) is 78.4 Å². The number of aryl methyl sites for hydroxylation is 3. The van der Waals surface area contributed by atoms with Crippen LogP contribution in [0.5, 0.6) is 0 Å². The number of nitrogens with one attached hydrogen (secondary N) is 1. The van der Waals surface area contributed by atoms with Crippen LogP contribution in [0.4, 0.5) is 5.69 Å². The molecule has 0 amide bonds. The summed E-state index contributed by atoms with van der Waals surface area (Å²) in [4.78, 5) is 5.62. The lowest BCUT2D eigenvalue weighted by Crippen LogP contribution is -2.25. The van der Waals surface area contributed by atoms with E-state index in [9.17, 15) is 0 Å². The maximum Gasteiger partial charge on any atom is 0.212 e. The van der Waals surface area contributed by atoms with Gasteiger partial charge in [0.2, 0.25) is 4.96 Å². The summed E-state index contributed by atoms with van der Waals surface area (Å²) in [6.45, 7) is 9.35. The van der Waals surface area contributed by atoms with Crippen molar-refractivity contribution < 1.29 is 4.74 Å². The molecule has 11 nitrogen and oxygen atoms in total. The Morgan fingerprint density at radius 3 is 2.94 bits per heavy atom. The summed E-state index contributed by atoms with van der Waals surface area (Å²) in [7, 11) is 0. The molecule has 5 rings (SSSR count). The summed E-state index contributed by atoms with van der Waals surface area (Å²) in [6, 6.07) is -0.319. The summed E-state index contributed by atoms with van der Waals surface area (Å²) in [5.74, 6) is 1.24. The van der Waals surface area contributed by atoms with Crippen LogP contribution >= 0.6 is 11.3 Å². The molecule has 0 spiro atoms. The van der Waals surface area contributed by atoms with E-state index in [0.29, 0.717) is 5.92 Å². The van der Waals surface area contributed by atoms with Crippen LogP contribution in [0.15, 0.2) is 12.4 Å². The summed E-state index contributed by atoms with van der Waals surface area (Å²) < 4.78 is 11.3. The van der Waals surface area contributed by atoms with E-state index in [1.54, 1.807) is 11.3 Å². The molecule has 1 N–H and O–H groups in total. The van der Waals surface area contributed by atoms with Gasteiger partial charge in [0.25, 0.3) is 0 Å². The van der Waals surface area contributed by atoms with Gasteiger partial charge in [0.05, 0.1) is 23.3 Å². The van der Waals surface area contributed by atoms with Crippen LogP contribution in [-0.2, 0) is 17.8 Å². The van der Waals surface area contributed by atoms with Gasteiger partial charge in [-0.05, 0) is 49.5 Å². The molecular formula is C20H28N10OS. The minimum atomic E-state index is -0.319. The van der Waals surface area contributed by atoms with Crippen LogP contribution in [0.3, 0.4) is 0 Å². The Labute approximate surface area is 189 Å². The topological polar surface area (TPSA) is 113 Å². The molecule has 1 unspecified atom stereocenters. The van der Waals surface area contributed by atoms with Crippen LogP contribution < -0.4 is 5.32 Å². The first-order chi connectivity index (χ1) is 15.6. The molecule has 1 atom stereocenters. The molecule has 170 valence electrons. The van der Waals surface area contributed by atoms with Gasteiger partial charge in [0.1, 0.15) is 11.0 Å². The maximum atomic E-state index is 5.52. The lowest BCUT2D eigenvalue weighted by atomic mass is 10.0. The molecule has 32 heavy (non-hydrogen) atoms. The number of hydrogen-bond acceptors (Lipinski definition) is 9. The molecule has 4 aromatic heterocycles. The lowest BCUT2D eigenvalue weighted by Gasteiger charge is -2.23. The fourth-order valence-corrected chi connectivity index (χ4v) is 5.02. The minimum absolute atomic E-state index is 0.319. The second-order valence-electron chi connectivity index (χ2n) is 8.24. The van der Waals surface area contributed by atoms with Crippen molar-refractivity contribution in [1.82, 2.24) is 44.6 Å². The SMILES string of the molecule is CCCn1cc(NC(c2nnnn2CC2CCOCC2)c2c(C)nc3sc(C)nn23)cn1. The first kappa shape index (κ1) is 21.0. The molecule has 0 aliphatic carbocycles. The zero-order valence-electron chi connectivity index (χ0n) is 18.6. The highest BCUT2D eigenvalue weighted by atomic mass is 32.1. The van der Waals surface area contributed by atoms with Crippen molar-refractivity contribution >= 4 is 22.0 Å². The van der Waals surface area contributed by atoms with Crippen molar-refractivity contribution in [3.8, 4) is 0 Å². The van der Waals surface area contributed by atoms with Crippen molar-refractivity contribution in [3.63, 3.8) is 0 Å². The molecule has 1 saturated heterocycles. The van der Waals surface area contributed by atoms with Gasteiger partial charge >= 0.3 is 0 Å². The first-order valence-electron chi connectivity index (χ1n) is 11.1. The number of ether oxygens (including phenoxy) is 1. The molecule has 0 radical (unpaired) electrons. The predicted molar refractivity (Wildman–Crippen MR) is 120 cm³/mol. The van der Waals surface area contributed by atoms with E-state index < -0.39 is 0 Å². The van der Waals surface area contributed by atoms with Gasteiger partial charge < -0.3 is 10.1 Å². The highest BCUT2D eigenvalue weighted by Gasteiger charge is 2.30. The first-order valence-corrected chi connectivity index (χ1v) is 11.9. The van der Waals surface area contributed by atoms with Gasteiger partial charge in [0, 0.05) is 32.5 Å². The van der Waals surface area contributed by atoms with Gasteiger partial charge in [-0.15, -0.1) is 5.10 Å². The maximum absolute atomic E-state index is 5.52. The van der Waals surface area contributed by atoms with Crippen molar-refractivity contribution in [3.05, 3.63) is 34.6 Å². The number of aromatic nitrogens is 9. The molecule has 1 aliphatic heterocycles. The number of rotatable bonds is 8. The second kappa shape index (κ2) is 8.94. The average molecular weight is 457 g/mol. The van der Waals surface area contributed by atoms with Crippen LogP contribution in [0.1, 0.15) is 54.4 Å². The Hall–Kier alpha value is -2.86. The highest BCUT2D eigenvalue weighted by Crippen LogP contribution is 2.30. The van der Waals surface area contributed by atoms with Gasteiger partial charge in [-0.3, -0.25) is 4.68 Å². The highest BCUT2D eigenvalue weighted by molar-refractivity contribution is 7.16. The van der Waals surface area contributed by atoms with Crippen molar-refractivity contribution in [2.24, 2.45) is 5.92 Å². The van der Waals surface area contributed by atoms with Crippen LogP contribution in [-0.4, -0.2) is 57.8 Å². The summed E-state index contributed by atoms with van der Waals surface area (Å²) in [6.07, 6.45) is 6.91. The molecule has 5 heterocycles. The third kappa shape index (κ3) is 4.11. The number of nitrogens with zero attached hydrogens (tertiary/aromatic N) is 9. The average Bonchev–Trinajstić information content (AvgIpc) is 3.53. The van der Waals surface area contributed by atoms with Crippen molar-refractivity contribution in [2.75, 3.05) is 18.5 Å². The van der Waals surface area contributed by atoms with E-state index in [2.05, 4.69) is 32.9 Å². The van der Waals surface area contributed by atoms with E-state index in [1.807, 2.05) is 40.1 Å². The van der Waals surface area contributed by atoms with Crippen LogP contribution in [0, 0.1) is 19.8 Å². The fraction of sp³-hybridized carbons (Fsp3) is 0.600. The number of anilines is 1. The molecule has 4 aromatic rings. The van der Waals surface area contributed by atoms with E-state index >= 15 is 0 Å². The predicted octanol–water partition coefficient (Wildman–Crippen LogP) is 2.63. The Kier molecular flexibility index (Phi) is 5.87. The molecule has 1 aliphatic rings. The van der Waals surface area contributed by atoms with Crippen molar-refractivity contribution in [1.29, 1.82) is 0 Å². The Morgan fingerprint density at radius 1 is 1.28 bits per heavy atom. The summed E-state index contributed by atoms with van der Waals surface area (Å²) in [5, 5.41) is 26.6. The number of fused-ring (bicyclic) bond motifs is 1. The zero-order valence-corrected chi connectivity index (χ0v) is 19.4. The fourth-order valence-electron chi connectivity index (χ4n) is 4.22. The second-order valence-corrected chi connectivity index (χ2v) is 9.40.